The summed E-state index contributed by atoms with van der Waals surface area (Å²) in [7, 11) is 1.14. The van der Waals surface area contributed by atoms with Gasteiger partial charge in [0.1, 0.15) is 85.5 Å². The lowest BCUT2D eigenvalue weighted by Crippen LogP contribution is -2.67. The maximum atomic E-state index is 10.4. The van der Waals surface area contributed by atoms with Gasteiger partial charge in [-0.1, -0.05) is 0 Å². The lowest BCUT2D eigenvalue weighted by molar-refractivity contribution is -0.351. The van der Waals surface area contributed by atoms with Crippen molar-refractivity contribution >= 4 is 0 Å². The SMILES string of the molecule is CO[C@H]1[C@H](O)[C@@H](O[C@H]2O[C@H](CO[C@H]3O[C@H](CO)[C@H](O)[C@H](O)[C@H]3O)[C@H](O)[C@H](O)[C@H]2O)[C@@H](O)[C@H](O)[C@@H]1O. The summed E-state index contributed by atoms with van der Waals surface area (Å²) in [5.41, 5.74) is 0. The smallest absolute Gasteiger partial charge is 0.187 e. The molecule has 0 amide bonds. The first-order chi connectivity index (χ1) is 16.4. The van der Waals surface area contributed by atoms with Crippen LogP contribution in [0.15, 0.2) is 0 Å². The highest BCUT2D eigenvalue weighted by Crippen LogP contribution is 2.31. The van der Waals surface area contributed by atoms with E-state index < -0.39 is 111 Å². The molecule has 0 unspecified atom stereocenters. The summed E-state index contributed by atoms with van der Waals surface area (Å²) in [6.45, 7) is -1.32. The fourth-order valence-electron chi connectivity index (χ4n) is 4.34. The van der Waals surface area contributed by atoms with Gasteiger partial charge in [-0.2, -0.15) is 0 Å². The van der Waals surface area contributed by atoms with E-state index in [1.807, 2.05) is 0 Å². The van der Waals surface area contributed by atoms with Gasteiger partial charge in [-0.15, -0.1) is 0 Å². The molecule has 0 aromatic heterocycles. The maximum Gasteiger partial charge on any atom is 0.187 e. The maximum absolute atomic E-state index is 10.4. The highest BCUT2D eigenvalue weighted by molar-refractivity contribution is 5.01. The fraction of sp³-hybridized carbons (Fsp3) is 1.00. The van der Waals surface area contributed by atoms with E-state index in [-0.39, 0.29) is 0 Å². The van der Waals surface area contributed by atoms with Gasteiger partial charge >= 0.3 is 0 Å². The van der Waals surface area contributed by atoms with Gasteiger partial charge in [0.05, 0.1) is 13.2 Å². The minimum atomic E-state index is -1.89. The van der Waals surface area contributed by atoms with E-state index in [1.54, 1.807) is 0 Å². The molecule has 1 saturated carbocycles. The standard InChI is InChI=1S/C19H34O16/c1-31-16-11(26)10(25)12(27)17(15(16)30)35-19-14(29)9(24)7(22)5(34-19)3-32-18-13(28)8(23)6(21)4(2-20)33-18/h4-30H,2-3H2,1H3/t4-,5-,6+,7+,8+,9+,10-,11+,12+,13-,14-,15+,16-,17+,18+,19-/m1/s1. The van der Waals surface area contributed by atoms with E-state index in [1.165, 1.54) is 0 Å². The Labute approximate surface area is 199 Å². The first-order valence-corrected chi connectivity index (χ1v) is 11.0. The minimum absolute atomic E-state index is 0.620. The van der Waals surface area contributed by atoms with Crippen molar-refractivity contribution in [1.29, 1.82) is 0 Å². The molecule has 3 aliphatic rings. The fourth-order valence-corrected chi connectivity index (χ4v) is 4.34. The van der Waals surface area contributed by atoms with Gasteiger partial charge in [0.2, 0.25) is 0 Å². The molecule has 16 atom stereocenters. The molecule has 0 bridgehead atoms. The van der Waals surface area contributed by atoms with Gasteiger partial charge in [0.25, 0.3) is 0 Å². The molecule has 0 spiro atoms. The van der Waals surface area contributed by atoms with Crippen molar-refractivity contribution in [3.63, 3.8) is 0 Å². The highest BCUT2D eigenvalue weighted by Gasteiger charge is 2.53. The second kappa shape index (κ2) is 11.8. The van der Waals surface area contributed by atoms with Crippen LogP contribution in [0.4, 0.5) is 0 Å². The number of ether oxygens (including phenoxy) is 5. The summed E-state index contributed by atoms with van der Waals surface area (Å²) in [6, 6.07) is 0. The number of aliphatic hydroxyl groups excluding tert-OH is 11. The van der Waals surface area contributed by atoms with E-state index in [0.29, 0.717) is 0 Å². The van der Waals surface area contributed by atoms with Crippen molar-refractivity contribution in [3.8, 4) is 0 Å². The van der Waals surface area contributed by atoms with Gasteiger partial charge in [0.15, 0.2) is 12.6 Å². The monoisotopic (exact) mass is 518 g/mol. The Bertz CT molecular complexity index is 669. The van der Waals surface area contributed by atoms with E-state index in [9.17, 15) is 56.2 Å². The molecule has 206 valence electrons. The molecule has 16 nitrogen and oxygen atoms in total. The van der Waals surface area contributed by atoms with Crippen LogP contribution in [0.5, 0.6) is 0 Å². The third-order valence-electron chi connectivity index (χ3n) is 6.55. The van der Waals surface area contributed by atoms with Crippen LogP contribution in [0.2, 0.25) is 0 Å². The van der Waals surface area contributed by atoms with Crippen molar-refractivity contribution < 1.29 is 79.9 Å². The van der Waals surface area contributed by atoms with Crippen LogP contribution in [0.25, 0.3) is 0 Å². The van der Waals surface area contributed by atoms with E-state index >= 15 is 0 Å². The van der Waals surface area contributed by atoms with Crippen LogP contribution in [-0.4, -0.2) is 175 Å². The van der Waals surface area contributed by atoms with E-state index in [4.69, 9.17) is 23.7 Å². The van der Waals surface area contributed by atoms with E-state index in [0.717, 1.165) is 7.11 Å². The van der Waals surface area contributed by atoms with Crippen molar-refractivity contribution in [2.24, 2.45) is 0 Å². The molecule has 0 aromatic rings. The molecule has 16 heteroatoms. The zero-order chi connectivity index (χ0) is 26.2. The van der Waals surface area contributed by atoms with Crippen LogP contribution in [0.3, 0.4) is 0 Å². The summed E-state index contributed by atoms with van der Waals surface area (Å²) < 4.78 is 26.3. The van der Waals surface area contributed by atoms with Crippen LogP contribution < -0.4 is 0 Å². The average Bonchev–Trinajstić information content (AvgIpc) is 2.84. The molecular formula is C19H34O16. The minimum Gasteiger partial charge on any atom is -0.394 e. The number of aliphatic hydroxyl groups is 11. The van der Waals surface area contributed by atoms with Gasteiger partial charge in [0, 0.05) is 7.11 Å². The zero-order valence-corrected chi connectivity index (χ0v) is 18.6. The van der Waals surface area contributed by atoms with Crippen LogP contribution in [0.1, 0.15) is 0 Å². The highest BCUT2D eigenvalue weighted by atomic mass is 16.7. The molecule has 0 aromatic carbocycles. The number of methoxy groups -OCH3 is 1. The third kappa shape index (κ3) is 5.63. The predicted octanol–water partition coefficient (Wildman–Crippen LogP) is -7.53. The Hall–Kier alpha value is -0.640. The van der Waals surface area contributed by atoms with Gasteiger partial charge < -0.3 is 79.9 Å². The molecule has 1 aliphatic carbocycles. The van der Waals surface area contributed by atoms with Crippen molar-refractivity contribution in [2.45, 2.75) is 98.0 Å². The second-order valence-electron chi connectivity index (χ2n) is 8.81. The normalized spacial score (nSPS) is 53.5. The third-order valence-corrected chi connectivity index (χ3v) is 6.55. The van der Waals surface area contributed by atoms with Gasteiger partial charge in [-0.3, -0.25) is 0 Å². The predicted molar refractivity (Wildman–Crippen MR) is 106 cm³/mol. The van der Waals surface area contributed by atoms with Crippen LogP contribution >= 0.6 is 0 Å². The first-order valence-electron chi connectivity index (χ1n) is 11.0. The molecule has 35 heavy (non-hydrogen) atoms. The zero-order valence-electron chi connectivity index (χ0n) is 18.6. The Morgan fingerprint density at radius 1 is 0.543 bits per heavy atom. The quantitative estimate of drug-likeness (QED) is 0.149. The number of rotatable bonds is 7. The second-order valence-corrected chi connectivity index (χ2v) is 8.81. The molecule has 2 saturated heterocycles. The summed E-state index contributed by atoms with van der Waals surface area (Å²) in [5.74, 6) is 0. The van der Waals surface area contributed by atoms with Crippen LogP contribution in [0, 0.1) is 0 Å². The Kier molecular flexibility index (Phi) is 9.77. The number of hydrogen-bond acceptors (Lipinski definition) is 16. The summed E-state index contributed by atoms with van der Waals surface area (Å²) in [6.07, 6.45) is -26.7. The Morgan fingerprint density at radius 3 is 1.60 bits per heavy atom. The molecule has 0 radical (unpaired) electrons. The number of hydrogen-bond donors (Lipinski definition) is 11. The van der Waals surface area contributed by atoms with E-state index in [2.05, 4.69) is 0 Å². The van der Waals surface area contributed by atoms with Gasteiger partial charge in [-0.05, 0) is 0 Å². The van der Waals surface area contributed by atoms with Crippen molar-refractivity contribution in [3.05, 3.63) is 0 Å². The summed E-state index contributed by atoms with van der Waals surface area (Å²) >= 11 is 0. The molecule has 3 fully saturated rings. The average molecular weight is 518 g/mol. The molecule has 2 aliphatic heterocycles. The molecule has 11 N–H and O–H groups in total. The summed E-state index contributed by atoms with van der Waals surface area (Å²) in [4.78, 5) is 0. The van der Waals surface area contributed by atoms with Gasteiger partial charge in [-0.25, -0.2) is 0 Å². The molecular weight excluding hydrogens is 484 g/mol. The lowest BCUT2D eigenvalue weighted by Gasteiger charge is -2.47. The largest absolute Gasteiger partial charge is 0.394 e. The topological polar surface area (TPSA) is 269 Å². The molecule has 2 heterocycles. The Balaban J connectivity index is 1.68. The van der Waals surface area contributed by atoms with Crippen molar-refractivity contribution in [2.75, 3.05) is 20.3 Å². The van der Waals surface area contributed by atoms with Crippen LogP contribution in [-0.2, 0) is 23.7 Å². The lowest BCUT2D eigenvalue weighted by atomic mass is 9.84. The first kappa shape index (κ1) is 28.9. The molecule has 3 rings (SSSR count). The Morgan fingerprint density at radius 2 is 1.03 bits per heavy atom. The summed E-state index contributed by atoms with van der Waals surface area (Å²) in [5, 5.41) is 110. The van der Waals surface area contributed by atoms with Crippen molar-refractivity contribution in [1.82, 2.24) is 0 Å².